The highest BCUT2D eigenvalue weighted by molar-refractivity contribution is 5.88. The van der Waals surface area contributed by atoms with Gasteiger partial charge in [-0.25, -0.2) is 18.4 Å². The number of aromatic nitrogens is 5. The summed E-state index contributed by atoms with van der Waals surface area (Å²) in [6.45, 7) is 3.77. The number of carbonyl (C=O) groups excluding carboxylic acids is 1. The van der Waals surface area contributed by atoms with Gasteiger partial charge in [0.25, 0.3) is 6.43 Å². The molecule has 0 aliphatic rings. The van der Waals surface area contributed by atoms with Gasteiger partial charge in [0, 0.05) is 0 Å². The molecule has 0 spiro atoms. The smallest absolute Gasteiger partial charge is 0.280 e. The van der Waals surface area contributed by atoms with Crippen molar-refractivity contribution in [2.45, 2.75) is 33.4 Å². The molecule has 0 fully saturated rings. The molecular formula is C17H18F2N6O. The molecule has 7 nitrogen and oxygen atoms in total. The average molecular weight is 360 g/mol. The van der Waals surface area contributed by atoms with E-state index in [1.54, 1.807) is 11.6 Å². The van der Waals surface area contributed by atoms with Crippen molar-refractivity contribution in [3.8, 4) is 0 Å². The number of aryl methyl sites for hydroxylation is 2. The van der Waals surface area contributed by atoms with Crippen LogP contribution in [0.15, 0.2) is 36.7 Å². The first-order chi connectivity index (χ1) is 12.4. The minimum Gasteiger partial charge on any atom is -0.292 e. The minimum absolute atomic E-state index is 0.116. The van der Waals surface area contributed by atoms with E-state index in [0.29, 0.717) is 12.2 Å². The molecule has 3 rings (SSSR count). The lowest BCUT2D eigenvalue weighted by Gasteiger charge is -2.06. The molecule has 2 aromatic heterocycles. The quantitative estimate of drug-likeness (QED) is 0.733. The highest BCUT2D eigenvalue weighted by Crippen LogP contribution is 2.19. The maximum absolute atomic E-state index is 12.9. The normalized spacial score (nSPS) is 11.1. The highest BCUT2D eigenvalue weighted by atomic mass is 19.3. The predicted molar refractivity (Wildman–Crippen MR) is 90.9 cm³/mol. The third-order valence-electron chi connectivity index (χ3n) is 3.66. The molecular weight excluding hydrogens is 342 g/mol. The largest absolute Gasteiger partial charge is 0.292 e. The zero-order chi connectivity index (χ0) is 18.7. The molecule has 0 unspecified atom stereocenters. The van der Waals surface area contributed by atoms with Gasteiger partial charge in [-0.3, -0.25) is 14.8 Å². The topological polar surface area (TPSA) is 77.6 Å². The summed E-state index contributed by atoms with van der Waals surface area (Å²) in [6.07, 6.45) is -1.20. The van der Waals surface area contributed by atoms with Crippen molar-refractivity contribution in [1.82, 2.24) is 24.5 Å². The van der Waals surface area contributed by atoms with Gasteiger partial charge in [-0.05, 0) is 25.5 Å². The van der Waals surface area contributed by atoms with E-state index in [0.717, 1.165) is 15.8 Å². The number of hydrogen-bond donors (Lipinski definition) is 1. The minimum atomic E-state index is -2.70. The summed E-state index contributed by atoms with van der Waals surface area (Å²) < 4.78 is 28.4. The van der Waals surface area contributed by atoms with Crippen LogP contribution < -0.4 is 5.32 Å². The van der Waals surface area contributed by atoms with Crippen LogP contribution in [0.4, 0.5) is 14.7 Å². The number of anilines is 1. The Morgan fingerprint density at radius 2 is 2.04 bits per heavy atom. The third-order valence-corrected chi connectivity index (χ3v) is 3.66. The Bertz CT molecular complexity index is 918. The van der Waals surface area contributed by atoms with Crippen LogP contribution in [0.3, 0.4) is 0 Å². The van der Waals surface area contributed by atoms with Crippen molar-refractivity contribution in [3.63, 3.8) is 0 Å². The van der Waals surface area contributed by atoms with Crippen LogP contribution in [-0.4, -0.2) is 30.5 Å². The van der Waals surface area contributed by atoms with Gasteiger partial charge in [0.2, 0.25) is 11.9 Å². The monoisotopic (exact) mass is 360 g/mol. The molecule has 0 saturated carbocycles. The van der Waals surface area contributed by atoms with Gasteiger partial charge in [-0.15, -0.1) is 5.10 Å². The van der Waals surface area contributed by atoms with Crippen LogP contribution in [0, 0.1) is 13.8 Å². The van der Waals surface area contributed by atoms with Gasteiger partial charge < -0.3 is 0 Å². The lowest BCUT2D eigenvalue weighted by molar-refractivity contribution is -0.117. The van der Waals surface area contributed by atoms with E-state index in [-0.39, 0.29) is 18.2 Å². The Labute approximate surface area is 148 Å². The van der Waals surface area contributed by atoms with Gasteiger partial charge in [-0.1, -0.05) is 29.8 Å². The first kappa shape index (κ1) is 17.7. The van der Waals surface area contributed by atoms with E-state index in [1.807, 2.05) is 31.2 Å². The van der Waals surface area contributed by atoms with Crippen LogP contribution in [0.2, 0.25) is 0 Å². The second-order valence-electron chi connectivity index (χ2n) is 5.97. The Kier molecular flexibility index (Phi) is 5.06. The van der Waals surface area contributed by atoms with Gasteiger partial charge in [-0.2, -0.15) is 5.10 Å². The Morgan fingerprint density at radius 3 is 2.77 bits per heavy atom. The second kappa shape index (κ2) is 7.42. The molecule has 0 radical (unpaired) electrons. The van der Waals surface area contributed by atoms with Gasteiger partial charge in [0.05, 0.1) is 12.2 Å². The summed E-state index contributed by atoms with van der Waals surface area (Å²) in [5, 5.41) is 10.6. The summed E-state index contributed by atoms with van der Waals surface area (Å²) in [7, 11) is 0. The molecule has 1 amide bonds. The summed E-state index contributed by atoms with van der Waals surface area (Å²) in [6, 6.07) is 9.22. The number of halogens is 2. The average Bonchev–Trinajstić information content (AvgIpc) is 3.13. The zero-order valence-electron chi connectivity index (χ0n) is 14.4. The molecule has 2 heterocycles. The van der Waals surface area contributed by atoms with Crippen molar-refractivity contribution >= 4 is 11.9 Å². The fourth-order valence-corrected chi connectivity index (χ4v) is 2.59. The first-order valence-electron chi connectivity index (χ1n) is 7.98. The molecule has 1 N–H and O–H groups in total. The number of nitrogens with one attached hydrogen (secondary N) is 1. The fourth-order valence-electron chi connectivity index (χ4n) is 2.59. The van der Waals surface area contributed by atoms with Crippen molar-refractivity contribution in [1.29, 1.82) is 0 Å². The number of hydrogen-bond acceptors (Lipinski definition) is 4. The number of carbonyl (C=O) groups is 1. The van der Waals surface area contributed by atoms with Crippen molar-refractivity contribution < 1.29 is 13.6 Å². The molecule has 1 aromatic carbocycles. The van der Waals surface area contributed by atoms with Crippen molar-refractivity contribution in [3.05, 3.63) is 59.2 Å². The van der Waals surface area contributed by atoms with E-state index in [9.17, 15) is 13.6 Å². The van der Waals surface area contributed by atoms with Gasteiger partial charge in [0.1, 0.15) is 18.6 Å². The van der Waals surface area contributed by atoms with Crippen LogP contribution in [-0.2, 0) is 17.9 Å². The van der Waals surface area contributed by atoms with Gasteiger partial charge >= 0.3 is 0 Å². The molecule has 0 atom stereocenters. The summed E-state index contributed by atoms with van der Waals surface area (Å²) >= 11 is 0. The fraction of sp³-hybridized carbons (Fsp3) is 0.294. The van der Waals surface area contributed by atoms with E-state index in [4.69, 9.17) is 0 Å². The molecule has 136 valence electrons. The summed E-state index contributed by atoms with van der Waals surface area (Å²) in [5.41, 5.74) is 2.33. The predicted octanol–water partition coefficient (Wildman–Crippen LogP) is 2.72. The molecule has 0 aliphatic heterocycles. The Balaban J connectivity index is 1.63. The maximum Gasteiger partial charge on any atom is 0.280 e. The van der Waals surface area contributed by atoms with Crippen LogP contribution in [0.5, 0.6) is 0 Å². The van der Waals surface area contributed by atoms with E-state index >= 15 is 0 Å². The van der Waals surface area contributed by atoms with E-state index < -0.39 is 12.3 Å². The number of alkyl halides is 2. The SMILES string of the molecule is Cc1cccc(Cn2cnc(NC(=O)Cn3nc(C)cc3C(F)F)n2)c1. The third kappa shape index (κ3) is 4.29. The number of rotatable bonds is 6. The lowest BCUT2D eigenvalue weighted by Crippen LogP contribution is -2.21. The molecule has 0 bridgehead atoms. The molecule has 0 saturated heterocycles. The number of amides is 1. The van der Waals surface area contributed by atoms with Crippen LogP contribution in [0.1, 0.15) is 28.9 Å². The van der Waals surface area contributed by atoms with Crippen molar-refractivity contribution in [2.24, 2.45) is 0 Å². The van der Waals surface area contributed by atoms with Crippen molar-refractivity contribution in [2.75, 3.05) is 5.32 Å². The van der Waals surface area contributed by atoms with E-state index in [2.05, 4.69) is 20.5 Å². The molecule has 9 heteroatoms. The van der Waals surface area contributed by atoms with Crippen LogP contribution >= 0.6 is 0 Å². The first-order valence-corrected chi connectivity index (χ1v) is 7.98. The molecule has 3 aromatic rings. The van der Waals surface area contributed by atoms with Gasteiger partial charge in [0.15, 0.2) is 0 Å². The molecule has 0 aliphatic carbocycles. The summed E-state index contributed by atoms with van der Waals surface area (Å²) in [4.78, 5) is 16.1. The number of nitrogens with zero attached hydrogens (tertiary/aromatic N) is 5. The Hall–Kier alpha value is -3.10. The van der Waals surface area contributed by atoms with E-state index in [1.165, 1.54) is 12.4 Å². The lowest BCUT2D eigenvalue weighted by atomic mass is 10.1. The standard InChI is InChI=1S/C17H18F2N6O/c1-11-4-3-5-13(6-11)8-24-10-20-17(23-24)21-15(26)9-25-14(16(18)19)7-12(2)22-25/h3-7,10,16H,8-9H2,1-2H3,(H,21,23,26). The molecule has 26 heavy (non-hydrogen) atoms. The summed E-state index contributed by atoms with van der Waals surface area (Å²) in [5.74, 6) is -0.409. The maximum atomic E-state index is 12.9. The number of benzene rings is 1. The zero-order valence-corrected chi connectivity index (χ0v) is 14.4. The Morgan fingerprint density at radius 1 is 1.23 bits per heavy atom. The second-order valence-corrected chi connectivity index (χ2v) is 5.97. The highest BCUT2D eigenvalue weighted by Gasteiger charge is 2.18. The van der Waals surface area contributed by atoms with Crippen LogP contribution in [0.25, 0.3) is 0 Å².